The summed E-state index contributed by atoms with van der Waals surface area (Å²) in [6, 6.07) is 10.6. The quantitative estimate of drug-likeness (QED) is 0.364. The molecule has 0 aliphatic heterocycles. The summed E-state index contributed by atoms with van der Waals surface area (Å²) in [7, 11) is 1.87. The molecule has 154 valence electrons. The first kappa shape index (κ1) is 20.1. The number of imidazole rings is 1. The Morgan fingerprint density at radius 1 is 1.17 bits per heavy atom. The number of nitrogens with zero attached hydrogens (tertiary/aromatic N) is 3. The van der Waals surface area contributed by atoms with Crippen LogP contribution in [0.25, 0.3) is 10.9 Å². The Balaban J connectivity index is 1.55. The molecule has 0 bridgehead atoms. The molecule has 3 N–H and O–H groups in total. The first-order valence-corrected chi connectivity index (χ1v) is 10.2. The van der Waals surface area contributed by atoms with Crippen LogP contribution in [-0.2, 0) is 0 Å². The number of aromatic nitrogens is 4. The third kappa shape index (κ3) is 4.69. The summed E-state index contributed by atoms with van der Waals surface area (Å²) in [6.07, 6.45) is 3.26. The predicted octanol–water partition coefficient (Wildman–Crippen LogP) is 4.29. The highest BCUT2D eigenvalue weighted by Crippen LogP contribution is 2.31. The van der Waals surface area contributed by atoms with E-state index in [1.54, 1.807) is 12.3 Å². The smallest absolute Gasteiger partial charge is 0.170 e. The molecule has 0 amide bonds. The Morgan fingerprint density at radius 2 is 2.07 bits per heavy atom. The van der Waals surface area contributed by atoms with Gasteiger partial charge in [0.05, 0.1) is 16.1 Å². The normalized spacial score (nSPS) is 11.0. The number of hydrogen-bond acceptors (Lipinski definition) is 7. The van der Waals surface area contributed by atoms with Gasteiger partial charge in [0, 0.05) is 23.8 Å². The van der Waals surface area contributed by atoms with E-state index in [2.05, 4.69) is 30.6 Å². The number of ether oxygens (including phenoxy) is 1. The average Bonchev–Trinajstić information content (AvgIpc) is 3.15. The van der Waals surface area contributed by atoms with Crippen molar-refractivity contribution < 1.29 is 9.13 Å². The first-order valence-electron chi connectivity index (χ1n) is 9.41. The van der Waals surface area contributed by atoms with Gasteiger partial charge in [-0.25, -0.2) is 19.3 Å². The Morgan fingerprint density at radius 3 is 2.83 bits per heavy atom. The molecule has 30 heavy (non-hydrogen) atoms. The zero-order chi connectivity index (χ0) is 20.9. The van der Waals surface area contributed by atoms with E-state index in [1.165, 1.54) is 24.2 Å². The number of hydrogen-bond donors (Lipinski definition) is 3. The van der Waals surface area contributed by atoms with Crippen LogP contribution in [0, 0.1) is 12.7 Å². The van der Waals surface area contributed by atoms with Gasteiger partial charge in [-0.15, -0.1) is 0 Å². The highest BCUT2D eigenvalue weighted by molar-refractivity contribution is 7.99. The minimum absolute atomic E-state index is 0.339. The van der Waals surface area contributed by atoms with Gasteiger partial charge in [0.15, 0.2) is 5.16 Å². The van der Waals surface area contributed by atoms with E-state index in [1.807, 2.05) is 38.2 Å². The molecular formula is C21H21FN6OS. The van der Waals surface area contributed by atoms with Crippen LogP contribution in [0.4, 0.5) is 15.9 Å². The molecule has 2 aromatic heterocycles. The van der Waals surface area contributed by atoms with E-state index in [0.717, 1.165) is 28.9 Å². The minimum Gasteiger partial charge on any atom is -0.492 e. The van der Waals surface area contributed by atoms with Gasteiger partial charge in [0.2, 0.25) is 0 Å². The van der Waals surface area contributed by atoms with Crippen LogP contribution in [0.5, 0.6) is 5.75 Å². The molecule has 7 nitrogen and oxygen atoms in total. The number of benzene rings is 2. The van der Waals surface area contributed by atoms with Crippen LogP contribution >= 0.6 is 11.8 Å². The highest BCUT2D eigenvalue weighted by Gasteiger charge is 2.10. The van der Waals surface area contributed by atoms with Crippen molar-refractivity contribution in [2.45, 2.75) is 17.0 Å². The summed E-state index contributed by atoms with van der Waals surface area (Å²) in [6.45, 7) is 3.18. The summed E-state index contributed by atoms with van der Waals surface area (Å²) >= 11 is 1.25. The summed E-state index contributed by atoms with van der Waals surface area (Å²) < 4.78 is 20.4. The Bertz CT molecular complexity index is 1170. The Labute approximate surface area is 177 Å². The number of H-pyrrole nitrogens is 1. The molecule has 0 radical (unpaired) electrons. The van der Waals surface area contributed by atoms with Crippen LogP contribution in [0.15, 0.2) is 59.0 Å². The topological polar surface area (TPSA) is 87.8 Å². The van der Waals surface area contributed by atoms with Gasteiger partial charge in [-0.05, 0) is 62.1 Å². The average molecular weight is 425 g/mol. The largest absolute Gasteiger partial charge is 0.492 e. The number of nitrogens with one attached hydrogen (secondary N) is 3. The van der Waals surface area contributed by atoms with Gasteiger partial charge in [-0.1, -0.05) is 0 Å². The standard InChI is InChI=1S/C21H21FN6OS/c1-13-11-24-21(27-13)30-19-6-3-14(9-17(19)22)28-20-16-10-15(29-8-7-23-2)4-5-18(16)25-12-26-20/h3-6,9-12,23H,7-8H2,1-2H3,(H,24,27)(H,25,26,28). The van der Waals surface area contributed by atoms with Crippen molar-refractivity contribution in [1.29, 1.82) is 0 Å². The van der Waals surface area contributed by atoms with Gasteiger partial charge in [0.1, 0.15) is 30.3 Å². The van der Waals surface area contributed by atoms with Crippen LogP contribution in [0.1, 0.15) is 5.69 Å². The van der Waals surface area contributed by atoms with E-state index in [0.29, 0.717) is 28.2 Å². The van der Waals surface area contributed by atoms with Crippen molar-refractivity contribution in [3.8, 4) is 5.75 Å². The number of fused-ring (bicyclic) bond motifs is 1. The van der Waals surface area contributed by atoms with E-state index in [9.17, 15) is 4.39 Å². The summed E-state index contributed by atoms with van der Waals surface area (Å²) in [5.41, 5.74) is 2.23. The molecule has 0 atom stereocenters. The molecule has 0 saturated heterocycles. The second-order valence-electron chi connectivity index (χ2n) is 6.57. The number of rotatable bonds is 8. The SMILES string of the molecule is CNCCOc1ccc2ncnc(Nc3ccc(Sc4nc(C)c[nH]4)c(F)c3)c2c1. The maximum Gasteiger partial charge on any atom is 0.170 e. The van der Waals surface area contributed by atoms with Crippen LogP contribution in [0.3, 0.4) is 0 Å². The lowest BCUT2D eigenvalue weighted by Gasteiger charge is -2.11. The van der Waals surface area contributed by atoms with Gasteiger partial charge in [-0.2, -0.15) is 0 Å². The van der Waals surface area contributed by atoms with E-state index in [4.69, 9.17) is 4.74 Å². The summed E-state index contributed by atoms with van der Waals surface area (Å²) in [5, 5.41) is 7.67. The summed E-state index contributed by atoms with van der Waals surface area (Å²) in [5.74, 6) is 0.969. The van der Waals surface area contributed by atoms with E-state index >= 15 is 0 Å². The van der Waals surface area contributed by atoms with Crippen molar-refractivity contribution in [3.05, 3.63) is 60.4 Å². The molecule has 0 unspecified atom stereocenters. The third-order valence-corrected chi connectivity index (χ3v) is 5.26. The molecule has 2 aromatic carbocycles. The lowest BCUT2D eigenvalue weighted by Crippen LogP contribution is -2.15. The Hall–Kier alpha value is -3.17. The molecule has 0 spiro atoms. The number of halogens is 1. The molecule has 2 heterocycles. The van der Waals surface area contributed by atoms with E-state index < -0.39 is 0 Å². The molecule has 0 aliphatic carbocycles. The first-order chi connectivity index (χ1) is 14.6. The van der Waals surface area contributed by atoms with Crippen molar-refractivity contribution in [2.24, 2.45) is 0 Å². The lowest BCUT2D eigenvalue weighted by molar-refractivity contribution is 0.319. The fourth-order valence-corrected chi connectivity index (χ4v) is 3.65. The number of aryl methyl sites for hydroxylation is 1. The van der Waals surface area contributed by atoms with Crippen LogP contribution in [0.2, 0.25) is 0 Å². The predicted molar refractivity (Wildman–Crippen MR) is 116 cm³/mol. The van der Waals surface area contributed by atoms with E-state index in [-0.39, 0.29) is 5.82 Å². The van der Waals surface area contributed by atoms with Crippen molar-refractivity contribution in [2.75, 3.05) is 25.5 Å². The second-order valence-corrected chi connectivity index (χ2v) is 7.60. The molecular weight excluding hydrogens is 403 g/mol. The minimum atomic E-state index is -0.339. The van der Waals surface area contributed by atoms with Gasteiger partial charge in [-0.3, -0.25) is 0 Å². The lowest BCUT2D eigenvalue weighted by atomic mass is 10.2. The molecule has 4 rings (SSSR count). The molecule has 9 heteroatoms. The molecule has 0 aliphatic rings. The maximum absolute atomic E-state index is 14.6. The third-order valence-electron chi connectivity index (χ3n) is 4.31. The van der Waals surface area contributed by atoms with Gasteiger partial charge < -0.3 is 20.4 Å². The number of likely N-dealkylation sites (N-methyl/N-ethyl adjacent to an activating group) is 1. The monoisotopic (exact) mass is 424 g/mol. The van der Waals surface area contributed by atoms with Crippen LogP contribution in [-0.4, -0.2) is 40.1 Å². The maximum atomic E-state index is 14.6. The molecule has 0 fully saturated rings. The van der Waals surface area contributed by atoms with Gasteiger partial charge in [0.25, 0.3) is 0 Å². The van der Waals surface area contributed by atoms with Gasteiger partial charge >= 0.3 is 0 Å². The molecule has 0 saturated carbocycles. The highest BCUT2D eigenvalue weighted by atomic mass is 32.2. The Kier molecular flexibility index (Phi) is 6.10. The number of anilines is 2. The van der Waals surface area contributed by atoms with Crippen LogP contribution < -0.4 is 15.4 Å². The van der Waals surface area contributed by atoms with Crippen molar-refractivity contribution in [3.63, 3.8) is 0 Å². The van der Waals surface area contributed by atoms with Crippen molar-refractivity contribution in [1.82, 2.24) is 25.3 Å². The fourth-order valence-electron chi connectivity index (χ4n) is 2.84. The fraction of sp³-hybridized carbons (Fsp3) is 0.190. The van der Waals surface area contributed by atoms with Crippen molar-refractivity contribution >= 4 is 34.2 Å². The second kappa shape index (κ2) is 9.10. The molecule has 4 aromatic rings. The summed E-state index contributed by atoms with van der Waals surface area (Å²) in [4.78, 5) is 16.4. The zero-order valence-electron chi connectivity index (χ0n) is 16.6. The zero-order valence-corrected chi connectivity index (χ0v) is 17.4. The number of aromatic amines is 1.